The molecule has 2 unspecified atom stereocenters. The van der Waals surface area contributed by atoms with Gasteiger partial charge in [-0.3, -0.25) is 9.59 Å². The lowest BCUT2D eigenvalue weighted by atomic mass is 9.96. The molecule has 2 N–H and O–H groups in total. The van der Waals surface area contributed by atoms with Gasteiger partial charge in [-0.15, -0.1) is 0 Å². The summed E-state index contributed by atoms with van der Waals surface area (Å²) in [5.74, 6) is 0.0902. The van der Waals surface area contributed by atoms with E-state index in [1.54, 1.807) is 0 Å². The van der Waals surface area contributed by atoms with Gasteiger partial charge in [-0.1, -0.05) is 62.9 Å². The molecule has 1 aromatic rings. The highest BCUT2D eigenvalue weighted by atomic mass is 16.2. The fourth-order valence-electron chi connectivity index (χ4n) is 4.90. The Morgan fingerprint density at radius 2 is 1.79 bits per heavy atom. The Bertz CT molecular complexity index is 779. The lowest BCUT2D eigenvalue weighted by molar-refractivity contribution is -0.143. The average molecular weight is 457 g/mol. The zero-order chi connectivity index (χ0) is 23.6. The molecule has 1 saturated carbocycles. The Morgan fingerprint density at radius 1 is 1.06 bits per heavy atom. The normalized spacial score (nSPS) is 20.2. The van der Waals surface area contributed by atoms with Gasteiger partial charge in [0, 0.05) is 44.6 Å². The second-order valence-corrected chi connectivity index (χ2v) is 9.52. The van der Waals surface area contributed by atoms with Crippen molar-refractivity contribution in [2.75, 3.05) is 19.6 Å². The highest BCUT2D eigenvalue weighted by molar-refractivity contribution is 5.88. The van der Waals surface area contributed by atoms with Crippen LogP contribution in [-0.4, -0.2) is 65.4 Å². The van der Waals surface area contributed by atoms with Gasteiger partial charge in [-0.2, -0.15) is 0 Å². The summed E-state index contributed by atoms with van der Waals surface area (Å²) in [7, 11) is 0. The fraction of sp³-hybridized carbons (Fsp3) is 0.654. The second kappa shape index (κ2) is 12.6. The van der Waals surface area contributed by atoms with E-state index in [1.807, 2.05) is 47.1 Å². The van der Waals surface area contributed by atoms with Gasteiger partial charge >= 0.3 is 6.03 Å². The summed E-state index contributed by atoms with van der Waals surface area (Å²) in [5.41, 5.74) is 1.01. The smallest absolute Gasteiger partial charge is 0.315 e. The molecule has 7 heteroatoms. The largest absolute Gasteiger partial charge is 0.337 e. The van der Waals surface area contributed by atoms with Crippen molar-refractivity contribution in [1.82, 2.24) is 20.4 Å². The van der Waals surface area contributed by atoms with E-state index in [4.69, 9.17) is 0 Å². The molecular formula is C26H40N4O3. The van der Waals surface area contributed by atoms with Crippen LogP contribution in [0.1, 0.15) is 70.8 Å². The molecule has 0 aromatic heterocycles. The second-order valence-electron chi connectivity index (χ2n) is 9.52. The van der Waals surface area contributed by atoms with Crippen LogP contribution in [-0.2, 0) is 16.0 Å². The third-order valence-corrected chi connectivity index (χ3v) is 6.83. The summed E-state index contributed by atoms with van der Waals surface area (Å²) in [6.07, 6.45) is 8.38. The molecule has 1 heterocycles. The first-order valence-corrected chi connectivity index (χ1v) is 12.7. The summed E-state index contributed by atoms with van der Waals surface area (Å²) in [5, 5.41) is 6.03. The number of unbranched alkanes of at least 4 members (excludes halogenated alkanes) is 1. The van der Waals surface area contributed by atoms with Crippen LogP contribution in [0.4, 0.5) is 4.79 Å². The lowest BCUT2D eigenvalue weighted by Gasteiger charge is -2.41. The maximum absolute atomic E-state index is 13.5. The zero-order valence-electron chi connectivity index (χ0n) is 20.2. The third-order valence-electron chi connectivity index (χ3n) is 6.83. The van der Waals surface area contributed by atoms with Gasteiger partial charge in [0.2, 0.25) is 11.8 Å². The molecule has 1 saturated heterocycles. The molecule has 2 aliphatic rings. The maximum Gasteiger partial charge on any atom is 0.315 e. The average Bonchev–Trinajstić information content (AvgIpc) is 2.82. The Balaban J connectivity index is 1.63. The van der Waals surface area contributed by atoms with Crippen LogP contribution in [0.2, 0.25) is 0 Å². The number of hydrogen-bond donors (Lipinski definition) is 2. The van der Waals surface area contributed by atoms with E-state index in [1.165, 1.54) is 6.42 Å². The molecule has 0 radical (unpaired) electrons. The van der Waals surface area contributed by atoms with Crippen LogP contribution in [0.25, 0.3) is 0 Å². The molecule has 1 aliphatic heterocycles. The minimum atomic E-state index is -0.634. The molecule has 3 rings (SSSR count). The van der Waals surface area contributed by atoms with Crippen molar-refractivity contribution < 1.29 is 14.4 Å². The number of hydrogen-bond acceptors (Lipinski definition) is 3. The van der Waals surface area contributed by atoms with Crippen LogP contribution >= 0.6 is 0 Å². The highest BCUT2D eigenvalue weighted by Crippen LogP contribution is 2.18. The van der Waals surface area contributed by atoms with E-state index < -0.39 is 6.04 Å². The molecular weight excluding hydrogens is 416 g/mol. The summed E-state index contributed by atoms with van der Waals surface area (Å²) in [6, 6.07) is 9.05. The Hall–Kier alpha value is -2.57. The van der Waals surface area contributed by atoms with Gasteiger partial charge in [0.1, 0.15) is 6.04 Å². The lowest BCUT2D eigenvalue weighted by Crippen LogP contribution is -2.60. The predicted molar refractivity (Wildman–Crippen MR) is 130 cm³/mol. The van der Waals surface area contributed by atoms with E-state index in [0.29, 0.717) is 32.5 Å². The molecule has 182 valence electrons. The van der Waals surface area contributed by atoms with Gasteiger partial charge < -0.3 is 20.4 Å². The molecule has 1 aliphatic carbocycles. The van der Waals surface area contributed by atoms with Gasteiger partial charge in [0.15, 0.2) is 0 Å². The number of nitrogens with one attached hydrogen (secondary N) is 2. The van der Waals surface area contributed by atoms with Crippen molar-refractivity contribution >= 4 is 17.8 Å². The van der Waals surface area contributed by atoms with E-state index in [9.17, 15) is 14.4 Å². The minimum Gasteiger partial charge on any atom is -0.337 e. The standard InChI is InChI=1S/C26H40N4O3/c1-3-4-15-24(31)30-17-16-29(19-20(30)2)25(32)23(18-21-11-7-5-8-12-21)28-26(33)27-22-13-9-6-10-14-22/h5,7-8,11-12,20,22-23H,3-4,6,9-10,13-19H2,1-2H3,(H2,27,28,33). The topological polar surface area (TPSA) is 81.8 Å². The molecule has 33 heavy (non-hydrogen) atoms. The third kappa shape index (κ3) is 7.47. The number of urea groups is 1. The summed E-state index contributed by atoms with van der Waals surface area (Å²) in [4.78, 5) is 42.5. The number of amides is 4. The number of carbonyl (C=O) groups is 3. The van der Waals surface area contributed by atoms with Gasteiger partial charge in [-0.05, 0) is 31.7 Å². The maximum atomic E-state index is 13.5. The molecule has 2 atom stereocenters. The molecule has 4 amide bonds. The Kier molecular flexibility index (Phi) is 9.58. The van der Waals surface area contributed by atoms with Crippen molar-refractivity contribution in [3.63, 3.8) is 0 Å². The predicted octanol–water partition coefficient (Wildman–Crippen LogP) is 3.48. The number of piperazine rings is 1. The van der Waals surface area contributed by atoms with Crippen molar-refractivity contribution in [3.8, 4) is 0 Å². The van der Waals surface area contributed by atoms with E-state index in [2.05, 4.69) is 17.6 Å². The quantitative estimate of drug-likeness (QED) is 0.628. The van der Waals surface area contributed by atoms with Crippen molar-refractivity contribution in [2.24, 2.45) is 0 Å². The summed E-state index contributed by atoms with van der Waals surface area (Å²) < 4.78 is 0. The number of carbonyl (C=O) groups excluding carboxylic acids is 3. The van der Waals surface area contributed by atoms with Crippen molar-refractivity contribution in [2.45, 2.75) is 89.8 Å². The molecule has 1 aromatic carbocycles. The van der Waals surface area contributed by atoms with Gasteiger partial charge in [-0.25, -0.2) is 4.79 Å². The minimum absolute atomic E-state index is 0.0273. The first-order chi connectivity index (χ1) is 16.0. The molecule has 7 nitrogen and oxygen atoms in total. The van der Waals surface area contributed by atoms with E-state index in [-0.39, 0.29) is 29.9 Å². The van der Waals surface area contributed by atoms with E-state index in [0.717, 1.165) is 44.1 Å². The molecule has 0 spiro atoms. The van der Waals surface area contributed by atoms with Crippen molar-refractivity contribution in [3.05, 3.63) is 35.9 Å². The fourth-order valence-corrected chi connectivity index (χ4v) is 4.90. The molecule has 0 bridgehead atoms. The summed E-state index contributed by atoms with van der Waals surface area (Å²) in [6.45, 7) is 5.62. The zero-order valence-corrected chi connectivity index (χ0v) is 20.2. The monoisotopic (exact) mass is 456 g/mol. The van der Waals surface area contributed by atoms with Crippen molar-refractivity contribution in [1.29, 1.82) is 0 Å². The Labute approximate surface area is 198 Å². The Morgan fingerprint density at radius 3 is 2.45 bits per heavy atom. The molecule has 2 fully saturated rings. The van der Waals surface area contributed by atoms with Crippen LogP contribution in [0.5, 0.6) is 0 Å². The number of rotatable bonds is 8. The number of benzene rings is 1. The van der Waals surface area contributed by atoms with Crippen LogP contribution in [0.3, 0.4) is 0 Å². The van der Waals surface area contributed by atoms with Crippen LogP contribution in [0, 0.1) is 0 Å². The number of nitrogens with zero attached hydrogens (tertiary/aromatic N) is 2. The van der Waals surface area contributed by atoms with Gasteiger partial charge in [0.05, 0.1) is 0 Å². The van der Waals surface area contributed by atoms with E-state index >= 15 is 0 Å². The highest BCUT2D eigenvalue weighted by Gasteiger charge is 2.33. The van der Waals surface area contributed by atoms with Crippen LogP contribution in [0.15, 0.2) is 30.3 Å². The van der Waals surface area contributed by atoms with Crippen LogP contribution < -0.4 is 10.6 Å². The first kappa shape index (κ1) is 25.1. The first-order valence-electron chi connectivity index (χ1n) is 12.7. The SMILES string of the molecule is CCCCC(=O)N1CCN(C(=O)C(Cc2ccccc2)NC(=O)NC2CCCCC2)CC1C. The summed E-state index contributed by atoms with van der Waals surface area (Å²) >= 11 is 0. The van der Waals surface area contributed by atoms with Gasteiger partial charge in [0.25, 0.3) is 0 Å².